The summed E-state index contributed by atoms with van der Waals surface area (Å²) in [6.45, 7) is 5.44. The number of nitrogens with zero attached hydrogens (tertiary/aromatic N) is 4. The first-order chi connectivity index (χ1) is 13.3. The van der Waals surface area contributed by atoms with Gasteiger partial charge in [-0.25, -0.2) is 9.48 Å². The number of fused-ring (bicyclic) bond motifs is 1. The summed E-state index contributed by atoms with van der Waals surface area (Å²) in [6, 6.07) is 14.0. The van der Waals surface area contributed by atoms with Gasteiger partial charge in [-0.05, 0) is 37.6 Å². The number of carbonyl (C=O) groups excluding carboxylic acids is 1. The van der Waals surface area contributed by atoms with Crippen molar-refractivity contribution in [2.75, 3.05) is 0 Å². The van der Waals surface area contributed by atoms with Gasteiger partial charge >= 0.3 is 5.69 Å². The van der Waals surface area contributed by atoms with Gasteiger partial charge in [0.1, 0.15) is 5.69 Å². The predicted molar refractivity (Wildman–Crippen MR) is 111 cm³/mol. The SMILES string of the molecule is CC(=O)n1nc(-c2cccc(C)c2)c(-c2ccc3c(c2)n(C)c(=O)n3C)c1C. The molecule has 0 N–H and O–H groups in total. The quantitative estimate of drug-likeness (QED) is 0.538. The fraction of sp³-hybridized carbons (Fsp3) is 0.227. The summed E-state index contributed by atoms with van der Waals surface area (Å²) in [5.41, 5.74) is 7.09. The number of aromatic nitrogens is 4. The van der Waals surface area contributed by atoms with Gasteiger partial charge in [-0.3, -0.25) is 13.9 Å². The largest absolute Gasteiger partial charge is 0.328 e. The minimum Gasteiger partial charge on any atom is -0.295 e. The molecule has 4 aromatic rings. The van der Waals surface area contributed by atoms with Gasteiger partial charge in [0, 0.05) is 32.1 Å². The minimum atomic E-state index is -0.133. The Balaban J connectivity index is 2.04. The number of imidazole rings is 1. The Morgan fingerprint density at radius 3 is 2.32 bits per heavy atom. The van der Waals surface area contributed by atoms with Gasteiger partial charge in [0.25, 0.3) is 0 Å². The molecule has 0 atom stereocenters. The Kier molecular flexibility index (Phi) is 4.07. The van der Waals surface area contributed by atoms with Gasteiger partial charge in [0.15, 0.2) is 0 Å². The molecule has 4 rings (SSSR count). The van der Waals surface area contributed by atoms with Crippen molar-refractivity contribution in [3.05, 3.63) is 64.2 Å². The topological polar surface area (TPSA) is 61.8 Å². The van der Waals surface area contributed by atoms with Crippen LogP contribution >= 0.6 is 0 Å². The van der Waals surface area contributed by atoms with Gasteiger partial charge in [0.05, 0.1) is 16.7 Å². The lowest BCUT2D eigenvalue weighted by atomic mass is 9.98. The van der Waals surface area contributed by atoms with Crippen molar-refractivity contribution in [3.8, 4) is 22.4 Å². The van der Waals surface area contributed by atoms with Gasteiger partial charge in [-0.2, -0.15) is 5.10 Å². The summed E-state index contributed by atoms with van der Waals surface area (Å²) in [7, 11) is 3.53. The van der Waals surface area contributed by atoms with Crippen molar-refractivity contribution in [2.45, 2.75) is 20.8 Å². The van der Waals surface area contributed by atoms with Crippen LogP contribution in [0.15, 0.2) is 47.3 Å². The molecule has 0 aliphatic rings. The van der Waals surface area contributed by atoms with Gasteiger partial charge < -0.3 is 0 Å². The van der Waals surface area contributed by atoms with E-state index < -0.39 is 0 Å². The molecule has 0 spiro atoms. The molecule has 0 unspecified atom stereocenters. The highest BCUT2D eigenvalue weighted by Gasteiger charge is 2.21. The van der Waals surface area contributed by atoms with Crippen molar-refractivity contribution >= 4 is 16.9 Å². The number of aryl methyl sites for hydroxylation is 3. The molecule has 2 aromatic heterocycles. The van der Waals surface area contributed by atoms with E-state index in [1.807, 2.05) is 50.2 Å². The first-order valence-corrected chi connectivity index (χ1v) is 9.13. The van der Waals surface area contributed by atoms with Crippen molar-refractivity contribution in [2.24, 2.45) is 14.1 Å². The van der Waals surface area contributed by atoms with E-state index in [1.165, 1.54) is 11.6 Å². The first-order valence-electron chi connectivity index (χ1n) is 9.13. The van der Waals surface area contributed by atoms with Gasteiger partial charge in [0.2, 0.25) is 5.91 Å². The lowest BCUT2D eigenvalue weighted by Crippen LogP contribution is -2.19. The molecular weight excluding hydrogens is 352 g/mol. The molecule has 28 heavy (non-hydrogen) atoms. The molecule has 6 heteroatoms. The highest BCUT2D eigenvalue weighted by molar-refractivity contribution is 5.91. The van der Waals surface area contributed by atoms with E-state index >= 15 is 0 Å². The van der Waals surface area contributed by atoms with E-state index in [2.05, 4.69) is 11.2 Å². The summed E-state index contributed by atoms with van der Waals surface area (Å²) in [4.78, 5) is 24.4. The van der Waals surface area contributed by atoms with Crippen molar-refractivity contribution < 1.29 is 4.79 Å². The second kappa shape index (κ2) is 6.34. The molecule has 142 valence electrons. The van der Waals surface area contributed by atoms with E-state index in [1.54, 1.807) is 23.2 Å². The Hall–Kier alpha value is -3.41. The predicted octanol–water partition coefficient (Wildman–Crippen LogP) is 3.68. The monoisotopic (exact) mass is 374 g/mol. The Labute approximate surface area is 162 Å². The zero-order valence-corrected chi connectivity index (χ0v) is 16.6. The van der Waals surface area contributed by atoms with Crippen molar-refractivity contribution in [1.82, 2.24) is 18.9 Å². The van der Waals surface area contributed by atoms with Crippen molar-refractivity contribution in [3.63, 3.8) is 0 Å². The molecule has 0 amide bonds. The van der Waals surface area contributed by atoms with E-state index in [4.69, 9.17) is 0 Å². The molecular formula is C22H22N4O2. The molecule has 0 aliphatic carbocycles. The second-order valence-electron chi connectivity index (χ2n) is 7.21. The maximum absolute atomic E-state index is 12.3. The maximum atomic E-state index is 12.3. The zero-order valence-electron chi connectivity index (χ0n) is 16.6. The number of benzene rings is 2. The van der Waals surface area contributed by atoms with Crippen LogP contribution in [0.5, 0.6) is 0 Å². The van der Waals surface area contributed by atoms with Crippen LogP contribution in [0.4, 0.5) is 0 Å². The molecule has 0 aliphatic heterocycles. The van der Waals surface area contributed by atoms with Crippen LogP contribution in [0, 0.1) is 13.8 Å². The third kappa shape index (κ3) is 2.60. The fourth-order valence-corrected chi connectivity index (χ4v) is 3.81. The van der Waals surface area contributed by atoms with Gasteiger partial charge in [-0.1, -0.05) is 29.8 Å². The number of carbonyl (C=O) groups is 1. The van der Waals surface area contributed by atoms with Crippen LogP contribution in [0.2, 0.25) is 0 Å². The average Bonchev–Trinajstić information content (AvgIpc) is 3.12. The van der Waals surface area contributed by atoms with Crippen LogP contribution in [0.1, 0.15) is 23.0 Å². The third-order valence-electron chi connectivity index (χ3n) is 5.27. The molecule has 2 aromatic carbocycles. The van der Waals surface area contributed by atoms with E-state index in [9.17, 15) is 9.59 Å². The van der Waals surface area contributed by atoms with Gasteiger partial charge in [-0.15, -0.1) is 0 Å². The van der Waals surface area contributed by atoms with E-state index in [0.717, 1.165) is 44.7 Å². The van der Waals surface area contributed by atoms with E-state index in [-0.39, 0.29) is 11.6 Å². The lowest BCUT2D eigenvalue weighted by Gasteiger charge is -2.07. The third-order valence-corrected chi connectivity index (χ3v) is 5.27. The molecule has 0 saturated heterocycles. The smallest absolute Gasteiger partial charge is 0.295 e. The number of hydrogen-bond donors (Lipinski definition) is 0. The van der Waals surface area contributed by atoms with Crippen LogP contribution < -0.4 is 5.69 Å². The van der Waals surface area contributed by atoms with Crippen LogP contribution in [0.25, 0.3) is 33.4 Å². The first kappa shape index (κ1) is 18.0. The Morgan fingerprint density at radius 1 is 0.929 bits per heavy atom. The lowest BCUT2D eigenvalue weighted by molar-refractivity contribution is 0.0919. The molecule has 2 heterocycles. The van der Waals surface area contributed by atoms with Crippen LogP contribution in [0.3, 0.4) is 0 Å². The van der Waals surface area contributed by atoms with E-state index in [0.29, 0.717) is 0 Å². The summed E-state index contributed by atoms with van der Waals surface area (Å²) in [5, 5.41) is 4.62. The summed E-state index contributed by atoms with van der Waals surface area (Å²) < 4.78 is 4.71. The highest BCUT2D eigenvalue weighted by Crippen LogP contribution is 2.35. The normalized spacial score (nSPS) is 11.3. The summed E-state index contributed by atoms with van der Waals surface area (Å²) >= 11 is 0. The summed E-state index contributed by atoms with van der Waals surface area (Å²) in [5.74, 6) is -0.133. The number of rotatable bonds is 2. The number of hydrogen-bond acceptors (Lipinski definition) is 3. The molecule has 0 saturated carbocycles. The molecule has 0 radical (unpaired) electrons. The molecule has 0 bridgehead atoms. The zero-order chi connectivity index (χ0) is 20.2. The summed E-state index contributed by atoms with van der Waals surface area (Å²) in [6.07, 6.45) is 0. The highest BCUT2D eigenvalue weighted by atomic mass is 16.2. The van der Waals surface area contributed by atoms with Crippen molar-refractivity contribution in [1.29, 1.82) is 0 Å². The fourth-order valence-electron chi connectivity index (χ4n) is 3.81. The Morgan fingerprint density at radius 2 is 1.64 bits per heavy atom. The van der Waals surface area contributed by atoms with Crippen LogP contribution in [-0.4, -0.2) is 24.8 Å². The Bertz CT molecular complexity index is 1300. The minimum absolute atomic E-state index is 0.0674. The second-order valence-corrected chi connectivity index (χ2v) is 7.21. The molecule has 6 nitrogen and oxygen atoms in total. The van der Waals surface area contributed by atoms with Crippen LogP contribution in [-0.2, 0) is 14.1 Å². The average molecular weight is 374 g/mol. The standard InChI is InChI=1S/C22H22N4O2/c1-13-7-6-8-17(11-13)21-20(14(2)26(23-21)15(3)27)16-9-10-18-19(12-16)25(5)22(28)24(18)4/h6-12H,1-5H3. The maximum Gasteiger partial charge on any atom is 0.328 e. The molecule has 0 fully saturated rings.